The van der Waals surface area contributed by atoms with Crippen LogP contribution in [0.3, 0.4) is 0 Å². The molecule has 0 aliphatic rings. The Morgan fingerprint density at radius 3 is 2.33 bits per heavy atom. The van der Waals surface area contributed by atoms with E-state index in [0.29, 0.717) is 36.1 Å². The topological polar surface area (TPSA) is 64.2 Å². The molecule has 0 aliphatic carbocycles. The van der Waals surface area contributed by atoms with Gasteiger partial charge in [-0.05, 0) is 54.4 Å². The van der Waals surface area contributed by atoms with Gasteiger partial charge in [-0.15, -0.1) is 0 Å². The van der Waals surface area contributed by atoms with Gasteiger partial charge in [-0.25, -0.2) is 9.59 Å². The molecule has 0 radical (unpaired) electrons. The zero-order valence-corrected chi connectivity index (χ0v) is 20.4. The molecular formula is C27H33ClN2O3. The molecule has 1 N–H and O–H groups in total. The number of halogens is 1. The van der Waals surface area contributed by atoms with Crippen molar-refractivity contribution < 1.29 is 9.90 Å². The van der Waals surface area contributed by atoms with Crippen LogP contribution in [0.15, 0.2) is 53.3 Å². The van der Waals surface area contributed by atoms with Gasteiger partial charge in [0.2, 0.25) is 0 Å². The first-order valence-electron chi connectivity index (χ1n) is 11.7. The number of hydrogen-bond acceptors (Lipinski definition) is 2. The smallest absolute Gasteiger partial charge is 0.336 e. The highest BCUT2D eigenvalue weighted by atomic mass is 35.5. The van der Waals surface area contributed by atoms with Gasteiger partial charge >= 0.3 is 11.7 Å². The first-order chi connectivity index (χ1) is 15.8. The first-order valence-corrected chi connectivity index (χ1v) is 12.1. The van der Waals surface area contributed by atoms with Gasteiger partial charge in [0.15, 0.2) is 0 Å². The van der Waals surface area contributed by atoms with Crippen molar-refractivity contribution in [2.45, 2.75) is 66.0 Å². The molecule has 0 saturated carbocycles. The molecule has 0 amide bonds. The predicted octanol–water partition coefficient (Wildman–Crippen LogP) is 6.30. The highest BCUT2D eigenvalue weighted by Crippen LogP contribution is 2.25. The Morgan fingerprint density at radius 2 is 1.70 bits per heavy atom. The molecule has 3 rings (SSSR count). The highest BCUT2D eigenvalue weighted by molar-refractivity contribution is 6.30. The van der Waals surface area contributed by atoms with Crippen molar-refractivity contribution in [3.63, 3.8) is 0 Å². The van der Waals surface area contributed by atoms with Crippen LogP contribution in [0.1, 0.15) is 61.6 Å². The third-order valence-electron chi connectivity index (χ3n) is 6.00. The summed E-state index contributed by atoms with van der Waals surface area (Å²) in [6.45, 7) is 7.67. The molecule has 6 heteroatoms. The van der Waals surface area contributed by atoms with Crippen LogP contribution in [0.5, 0.6) is 0 Å². The summed E-state index contributed by atoms with van der Waals surface area (Å²) in [6.07, 6.45) is 4.40. The summed E-state index contributed by atoms with van der Waals surface area (Å²) in [5.74, 6) is -0.405. The molecule has 2 aromatic carbocycles. The Morgan fingerprint density at radius 1 is 1.00 bits per heavy atom. The Balaban J connectivity index is 1.82. The minimum atomic E-state index is -0.938. The summed E-state index contributed by atoms with van der Waals surface area (Å²) in [5, 5.41) is 10.0. The number of aromatic nitrogens is 2. The van der Waals surface area contributed by atoms with E-state index in [4.69, 9.17) is 11.6 Å². The maximum absolute atomic E-state index is 13.1. The zero-order valence-electron chi connectivity index (χ0n) is 19.7. The molecule has 0 fully saturated rings. The van der Waals surface area contributed by atoms with Crippen molar-refractivity contribution in [2.75, 3.05) is 0 Å². The lowest BCUT2D eigenvalue weighted by Gasteiger charge is -2.10. The van der Waals surface area contributed by atoms with E-state index >= 15 is 0 Å². The molecule has 0 atom stereocenters. The lowest BCUT2D eigenvalue weighted by Crippen LogP contribution is -2.26. The fraction of sp³-hybridized carbons (Fsp3) is 0.407. The van der Waals surface area contributed by atoms with Gasteiger partial charge in [0, 0.05) is 13.1 Å². The number of aromatic carboxylic acids is 1. The first kappa shape index (κ1) is 24.8. The van der Waals surface area contributed by atoms with E-state index in [-0.39, 0.29) is 11.3 Å². The van der Waals surface area contributed by atoms with Crippen molar-refractivity contribution in [1.82, 2.24) is 9.13 Å². The Hall–Kier alpha value is -2.79. The quantitative estimate of drug-likeness (QED) is 0.359. The largest absolute Gasteiger partial charge is 0.478 e. The van der Waals surface area contributed by atoms with Crippen LogP contribution >= 0.6 is 11.6 Å². The van der Waals surface area contributed by atoms with Crippen molar-refractivity contribution in [2.24, 2.45) is 5.92 Å². The number of imidazole rings is 1. The van der Waals surface area contributed by atoms with Gasteiger partial charge in [-0.2, -0.15) is 0 Å². The summed E-state index contributed by atoms with van der Waals surface area (Å²) >= 11 is 6.66. The minimum Gasteiger partial charge on any atom is -0.478 e. The van der Waals surface area contributed by atoms with E-state index < -0.39 is 5.97 Å². The second-order valence-corrected chi connectivity index (χ2v) is 9.27. The fourth-order valence-electron chi connectivity index (χ4n) is 4.03. The number of rotatable bonds is 11. The molecule has 33 heavy (non-hydrogen) atoms. The molecule has 176 valence electrons. The lowest BCUT2D eigenvalue weighted by molar-refractivity contribution is 0.0697. The van der Waals surface area contributed by atoms with E-state index in [2.05, 4.69) is 20.8 Å². The van der Waals surface area contributed by atoms with Crippen molar-refractivity contribution in [3.05, 3.63) is 81.0 Å². The summed E-state index contributed by atoms with van der Waals surface area (Å²) in [7, 11) is 0. The van der Waals surface area contributed by atoms with Crippen molar-refractivity contribution in [3.8, 4) is 11.1 Å². The Kier molecular flexibility index (Phi) is 8.56. The number of hydrogen-bond donors (Lipinski definition) is 1. The van der Waals surface area contributed by atoms with Crippen molar-refractivity contribution in [1.29, 1.82) is 0 Å². The van der Waals surface area contributed by atoms with Crippen LogP contribution in [0.2, 0.25) is 5.15 Å². The summed E-state index contributed by atoms with van der Waals surface area (Å²) in [4.78, 5) is 24.6. The van der Waals surface area contributed by atoms with Gasteiger partial charge in [-0.3, -0.25) is 9.13 Å². The summed E-state index contributed by atoms with van der Waals surface area (Å²) in [6, 6.07) is 14.9. The predicted molar refractivity (Wildman–Crippen MR) is 134 cm³/mol. The van der Waals surface area contributed by atoms with Gasteiger partial charge in [0.1, 0.15) is 5.15 Å². The maximum atomic E-state index is 13.1. The molecule has 0 unspecified atom stereocenters. The number of carboxylic acid groups (broad SMARTS) is 1. The second kappa shape index (κ2) is 11.4. The number of benzene rings is 2. The van der Waals surface area contributed by atoms with Gasteiger partial charge in [-0.1, -0.05) is 81.3 Å². The normalized spacial score (nSPS) is 11.3. The number of carbonyl (C=O) groups is 1. The van der Waals surface area contributed by atoms with Crippen LogP contribution in [0, 0.1) is 5.92 Å². The molecule has 1 heterocycles. The molecular weight excluding hydrogens is 436 g/mol. The van der Waals surface area contributed by atoms with Gasteiger partial charge < -0.3 is 5.11 Å². The molecule has 0 aliphatic heterocycles. The maximum Gasteiger partial charge on any atom is 0.336 e. The SMILES string of the molecule is CCCCn1c(Cl)c(CCC(C)C)n(CCc2ccc(-c3ccccc3C(=O)O)cc2)c1=O. The number of nitrogens with zero attached hydrogens (tertiary/aromatic N) is 2. The minimum absolute atomic E-state index is 0.0285. The van der Waals surface area contributed by atoms with Crippen LogP contribution < -0.4 is 5.69 Å². The summed E-state index contributed by atoms with van der Waals surface area (Å²) < 4.78 is 3.56. The molecule has 5 nitrogen and oxygen atoms in total. The lowest BCUT2D eigenvalue weighted by atomic mass is 9.98. The second-order valence-electron chi connectivity index (χ2n) is 8.91. The number of unbranched alkanes of at least 4 members (excludes halogenated alkanes) is 1. The van der Waals surface area contributed by atoms with E-state index in [1.165, 1.54) is 0 Å². The average molecular weight is 469 g/mol. The average Bonchev–Trinajstić information content (AvgIpc) is 3.03. The third-order valence-corrected chi connectivity index (χ3v) is 6.43. The number of aryl methyl sites for hydroxylation is 1. The van der Waals surface area contributed by atoms with E-state index in [0.717, 1.165) is 42.5 Å². The zero-order chi connectivity index (χ0) is 24.0. The Labute approximate surface area is 200 Å². The van der Waals surface area contributed by atoms with Gasteiger partial charge in [0.25, 0.3) is 0 Å². The van der Waals surface area contributed by atoms with Crippen LogP contribution in [-0.2, 0) is 25.9 Å². The van der Waals surface area contributed by atoms with E-state index in [9.17, 15) is 14.7 Å². The molecule has 0 bridgehead atoms. The number of carboxylic acids is 1. The van der Waals surface area contributed by atoms with E-state index in [1.807, 2.05) is 41.0 Å². The van der Waals surface area contributed by atoms with Gasteiger partial charge in [0.05, 0.1) is 11.3 Å². The van der Waals surface area contributed by atoms with E-state index in [1.54, 1.807) is 16.7 Å². The standard InChI is InChI=1S/C27H33ClN2O3/c1-4-5-17-30-25(28)24(15-10-19(2)3)29(27(30)33)18-16-20-11-13-21(14-12-20)22-8-6-7-9-23(22)26(31)32/h6-9,11-14,19H,4-5,10,15-18H2,1-3H3,(H,31,32). The third kappa shape index (κ3) is 5.97. The molecule has 1 aromatic heterocycles. The molecule has 3 aromatic rings. The highest BCUT2D eigenvalue weighted by Gasteiger charge is 2.18. The van der Waals surface area contributed by atoms with Crippen LogP contribution in [0.25, 0.3) is 11.1 Å². The summed E-state index contributed by atoms with van der Waals surface area (Å²) in [5.41, 5.74) is 3.84. The monoisotopic (exact) mass is 468 g/mol. The fourth-order valence-corrected chi connectivity index (χ4v) is 4.38. The molecule has 0 spiro atoms. The van der Waals surface area contributed by atoms with Crippen molar-refractivity contribution >= 4 is 17.6 Å². The molecule has 0 saturated heterocycles. The van der Waals surface area contributed by atoms with Crippen LogP contribution in [-0.4, -0.2) is 20.2 Å². The van der Waals surface area contributed by atoms with Crippen LogP contribution in [0.4, 0.5) is 0 Å². The Bertz CT molecular complexity index is 1140.